The molecular formula is C24H30N4O2S2. The van der Waals surface area contributed by atoms with Gasteiger partial charge in [0.2, 0.25) is 15.2 Å². The number of rotatable bonds is 8. The summed E-state index contributed by atoms with van der Waals surface area (Å²) in [4.78, 5) is 4.84. The predicted molar refractivity (Wildman–Crippen MR) is 134 cm³/mol. The third-order valence-electron chi connectivity index (χ3n) is 5.15. The zero-order valence-corrected chi connectivity index (χ0v) is 20.8. The van der Waals surface area contributed by atoms with E-state index < -0.39 is 10.0 Å². The van der Waals surface area contributed by atoms with Crippen LogP contribution in [0.25, 0.3) is 11.3 Å². The Labute approximate surface area is 195 Å². The molecule has 1 aromatic heterocycles. The maximum Gasteiger partial charge on any atom is 0.243 e. The Morgan fingerprint density at radius 2 is 1.66 bits per heavy atom. The smallest absolute Gasteiger partial charge is 0.243 e. The van der Waals surface area contributed by atoms with Gasteiger partial charge in [-0.25, -0.2) is 13.4 Å². The molecule has 0 amide bonds. The summed E-state index contributed by atoms with van der Waals surface area (Å²) in [6.07, 6.45) is 1.76. The van der Waals surface area contributed by atoms with Gasteiger partial charge in [0.15, 0.2) is 0 Å². The van der Waals surface area contributed by atoms with Gasteiger partial charge in [-0.05, 0) is 28.7 Å². The molecule has 170 valence electrons. The van der Waals surface area contributed by atoms with Crippen molar-refractivity contribution in [3.05, 3.63) is 65.0 Å². The van der Waals surface area contributed by atoms with Gasteiger partial charge in [-0.2, -0.15) is 9.41 Å². The molecule has 0 unspecified atom stereocenters. The van der Waals surface area contributed by atoms with E-state index >= 15 is 0 Å². The Bertz CT molecular complexity index is 1160. The molecule has 0 spiro atoms. The van der Waals surface area contributed by atoms with Gasteiger partial charge in [-0.15, -0.1) is 11.3 Å². The second-order valence-corrected chi connectivity index (χ2v) is 11.2. The molecule has 1 N–H and O–H groups in total. The number of hydrogen-bond acceptors (Lipinski definition) is 6. The predicted octanol–water partition coefficient (Wildman–Crippen LogP) is 5.58. The van der Waals surface area contributed by atoms with Gasteiger partial charge in [0.05, 0.1) is 16.8 Å². The fourth-order valence-electron chi connectivity index (χ4n) is 3.20. The second kappa shape index (κ2) is 9.94. The van der Waals surface area contributed by atoms with E-state index in [2.05, 4.69) is 48.4 Å². The van der Waals surface area contributed by atoms with Crippen molar-refractivity contribution in [1.29, 1.82) is 0 Å². The highest BCUT2D eigenvalue weighted by Crippen LogP contribution is 2.27. The van der Waals surface area contributed by atoms with Crippen molar-refractivity contribution in [2.75, 3.05) is 18.5 Å². The Hall–Kier alpha value is -2.55. The minimum atomic E-state index is -3.46. The van der Waals surface area contributed by atoms with Crippen LogP contribution in [0, 0.1) is 0 Å². The number of hydrogen-bond donors (Lipinski definition) is 1. The molecule has 0 fully saturated rings. The van der Waals surface area contributed by atoms with E-state index in [1.165, 1.54) is 21.2 Å². The van der Waals surface area contributed by atoms with Crippen LogP contribution in [0.2, 0.25) is 0 Å². The summed E-state index contributed by atoms with van der Waals surface area (Å²) in [5.74, 6) is 0. The number of aromatic nitrogens is 1. The summed E-state index contributed by atoms with van der Waals surface area (Å²) < 4.78 is 26.7. The van der Waals surface area contributed by atoms with Crippen molar-refractivity contribution >= 4 is 32.7 Å². The summed E-state index contributed by atoms with van der Waals surface area (Å²) in [5.41, 5.74) is 7.01. The quantitative estimate of drug-likeness (QED) is 0.344. The highest BCUT2D eigenvalue weighted by Gasteiger charge is 2.21. The lowest BCUT2D eigenvalue weighted by atomic mass is 9.87. The Morgan fingerprint density at radius 1 is 1.03 bits per heavy atom. The Kier molecular flexibility index (Phi) is 7.48. The van der Waals surface area contributed by atoms with Crippen molar-refractivity contribution < 1.29 is 8.42 Å². The third kappa shape index (κ3) is 5.62. The molecule has 0 aliphatic carbocycles. The molecule has 0 atom stereocenters. The zero-order valence-electron chi connectivity index (χ0n) is 19.2. The van der Waals surface area contributed by atoms with Crippen LogP contribution >= 0.6 is 11.3 Å². The molecule has 3 rings (SSSR count). The van der Waals surface area contributed by atoms with Crippen LogP contribution in [0.3, 0.4) is 0 Å². The highest BCUT2D eigenvalue weighted by atomic mass is 32.2. The van der Waals surface area contributed by atoms with Crippen molar-refractivity contribution in [1.82, 2.24) is 9.29 Å². The van der Waals surface area contributed by atoms with Crippen molar-refractivity contribution in [3.8, 4) is 11.3 Å². The molecule has 0 radical (unpaired) electrons. The summed E-state index contributed by atoms with van der Waals surface area (Å²) in [6, 6.07) is 15.2. The molecule has 3 aromatic rings. The topological polar surface area (TPSA) is 74.7 Å². The molecular weight excluding hydrogens is 440 g/mol. The van der Waals surface area contributed by atoms with Crippen LogP contribution in [0.15, 0.2) is 63.9 Å². The first kappa shape index (κ1) is 24.1. The van der Waals surface area contributed by atoms with Crippen LogP contribution in [0.5, 0.6) is 0 Å². The van der Waals surface area contributed by atoms with E-state index in [0.29, 0.717) is 23.1 Å². The molecule has 2 aromatic carbocycles. The first-order valence-corrected chi connectivity index (χ1v) is 12.9. The van der Waals surface area contributed by atoms with Gasteiger partial charge in [0.25, 0.3) is 0 Å². The Balaban J connectivity index is 1.66. The number of nitrogens with one attached hydrogen (secondary N) is 1. The normalized spacial score (nSPS) is 12.6. The SMILES string of the molecule is CCN(CC)S(=O)(=O)c1ccc(-c2csc(N/N=C\c3ccc(C(C)(C)C)cc3)n2)cc1. The van der Waals surface area contributed by atoms with Gasteiger partial charge in [0, 0.05) is 24.0 Å². The molecule has 1 heterocycles. The van der Waals surface area contributed by atoms with E-state index in [1.54, 1.807) is 30.5 Å². The second-order valence-electron chi connectivity index (χ2n) is 8.39. The minimum absolute atomic E-state index is 0.124. The van der Waals surface area contributed by atoms with Gasteiger partial charge in [-0.1, -0.05) is 71.0 Å². The lowest BCUT2D eigenvalue weighted by molar-refractivity contribution is 0.445. The van der Waals surface area contributed by atoms with E-state index in [0.717, 1.165) is 16.8 Å². The van der Waals surface area contributed by atoms with Gasteiger partial charge in [-0.3, -0.25) is 5.43 Å². The van der Waals surface area contributed by atoms with Crippen LogP contribution in [0.4, 0.5) is 5.13 Å². The maximum atomic E-state index is 12.6. The van der Waals surface area contributed by atoms with Crippen molar-refractivity contribution in [2.24, 2.45) is 5.10 Å². The molecule has 8 heteroatoms. The monoisotopic (exact) mass is 470 g/mol. The van der Waals surface area contributed by atoms with E-state index in [9.17, 15) is 8.42 Å². The number of hydrazone groups is 1. The molecule has 0 saturated heterocycles. The third-order valence-corrected chi connectivity index (χ3v) is 7.96. The van der Waals surface area contributed by atoms with E-state index in [-0.39, 0.29) is 5.41 Å². The van der Waals surface area contributed by atoms with Crippen LogP contribution in [-0.4, -0.2) is 37.0 Å². The van der Waals surface area contributed by atoms with Gasteiger partial charge >= 0.3 is 0 Å². The summed E-state index contributed by atoms with van der Waals surface area (Å²) in [5, 5.41) is 6.87. The number of benzene rings is 2. The minimum Gasteiger partial charge on any atom is -0.253 e. The Morgan fingerprint density at radius 3 is 2.22 bits per heavy atom. The number of sulfonamides is 1. The lowest BCUT2D eigenvalue weighted by Gasteiger charge is -2.18. The first-order valence-electron chi connectivity index (χ1n) is 10.6. The van der Waals surface area contributed by atoms with Crippen LogP contribution in [0.1, 0.15) is 45.7 Å². The highest BCUT2D eigenvalue weighted by molar-refractivity contribution is 7.89. The standard InChI is InChI=1S/C24H30N4O2S2/c1-6-28(7-2)32(29,30)21-14-10-19(11-15-21)22-17-31-23(26-22)27-25-16-18-8-12-20(13-9-18)24(3,4)5/h8-17H,6-7H2,1-5H3,(H,26,27)/b25-16-. The fraction of sp³-hybridized carbons (Fsp3) is 0.333. The molecule has 0 aliphatic rings. The average molecular weight is 471 g/mol. The number of thiazole rings is 1. The van der Waals surface area contributed by atoms with Crippen LogP contribution < -0.4 is 5.43 Å². The lowest BCUT2D eigenvalue weighted by Crippen LogP contribution is -2.30. The molecule has 6 nitrogen and oxygen atoms in total. The average Bonchev–Trinajstić information content (AvgIpc) is 3.23. The van der Waals surface area contributed by atoms with Gasteiger partial charge < -0.3 is 0 Å². The van der Waals surface area contributed by atoms with Crippen molar-refractivity contribution in [3.63, 3.8) is 0 Å². The van der Waals surface area contributed by atoms with Crippen LogP contribution in [-0.2, 0) is 15.4 Å². The number of anilines is 1. The zero-order chi connectivity index (χ0) is 23.4. The van der Waals surface area contributed by atoms with E-state index in [1.807, 2.05) is 31.4 Å². The summed E-state index contributed by atoms with van der Waals surface area (Å²) in [7, 11) is -3.46. The van der Waals surface area contributed by atoms with Crippen molar-refractivity contribution in [2.45, 2.75) is 44.9 Å². The molecule has 0 bridgehead atoms. The maximum absolute atomic E-state index is 12.6. The van der Waals surface area contributed by atoms with Gasteiger partial charge in [0.1, 0.15) is 0 Å². The molecule has 0 saturated carbocycles. The first-order chi connectivity index (χ1) is 15.1. The molecule has 0 aliphatic heterocycles. The molecule has 32 heavy (non-hydrogen) atoms. The van der Waals surface area contributed by atoms with E-state index in [4.69, 9.17) is 0 Å². The fourth-order valence-corrected chi connectivity index (χ4v) is 5.33. The summed E-state index contributed by atoms with van der Waals surface area (Å²) in [6.45, 7) is 11.1. The number of nitrogens with zero attached hydrogens (tertiary/aromatic N) is 3. The largest absolute Gasteiger partial charge is 0.253 e. The summed E-state index contributed by atoms with van der Waals surface area (Å²) >= 11 is 1.44.